The Labute approximate surface area is 189 Å². The maximum absolute atomic E-state index is 12.0. The van der Waals surface area contributed by atoms with E-state index in [-0.39, 0.29) is 18.2 Å². The van der Waals surface area contributed by atoms with Gasteiger partial charge >= 0.3 is 0 Å². The van der Waals surface area contributed by atoms with Gasteiger partial charge < -0.3 is 16.0 Å². The fourth-order valence-electron chi connectivity index (χ4n) is 3.68. The molecule has 2 aromatic heterocycles. The highest BCUT2D eigenvalue weighted by Crippen LogP contribution is 2.30. The molecule has 10 heteroatoms. The number of nitrogens with one attached hydrogen (secondary N) is 4. The van der Waals surface area contributed by atoms with E-state index in [0.717, 1.165) is 18.1 Å². The predicted molar refractivity (Wildman–Crippen MR) is 124 cm³/mol. The number of rotatable bonds is 7. The Hall–Kier alpha value is -4.21. The van der Waals surface area contributed by atoms with Crippen molar-refractivity contribution >= 4 is 52.5 Å². The number of carbonyl (C=O) groups excluding carboxylic acids is 3. The predicted octanol–water partition coefficient (Wildman–Crippen LogP) is 2.68. The van der Waals surface area contributed by atoms with E-state index >= 15 is 0 Å². The third-order valence-electron chi connectivity index (χ3n) is 5.45. The number of imide groups is 1. The van der Waals surface area contributed by atoms with Gasteiger partial charge in [-0.05, 0) is 43.0 Å². The second kappa shape index (κ2) is 8.38. The average Bonchev–Trinajstić information content (AvgIpc) is 3.42. The van der Waals surface area contributed by atoms with Crippen LogP contribution in [0.5, 0.6) is 0 Å². The summed E-state index contributed by atoms with van der Waals surface area (Å²) < 4.78 is 1.70. The first-order valence-electron chi connectivity index (χ1n) is 10.8. The minimum atomic E-state index is -0.393. The van der Waals surface area contributed by atoms with Crippen molar-refractivity contribution in [3.05, 3.63) is 47.7 Å². The Morgan fingerprint density at radius 3 is 2.79 bits per heavy atom. The van der Waals surface area contributed by atoms with Crippen LogP contribution < -0.4 is 21.3 Å². The molecule has 1 aliphatic carbocycles. The molecule has 3 aromatic rings. The van der Waals surface area contributed by atoms with Crippen molar-refractivity contribution in [1.82, 2.24) is 19.9 Å². The molecule has 0 radical (unpaired) electrons. The van der Waals surface area contributed by atoms with Gasteiger partial charge in [-0.2, -0.15) is 9.61 Å². The van der Waals surface area contributed by atoms with Crippen LogP contribution in [-0.4, -0.2) is 38.9 Å². The quantitative estimate of drug-likeness (QED) is 0.325. The van der Waals surface area contributed by atoms with Crippen LogP contribution in [0.1, 0.15) is 31.7 Å². The molecule has 0 unspecified atom stereocenters. The van der Waals surface area contributed by atoms with E-state index in [4.69, 9.17) is 4.98 Å². The van der Waals surface area contributed by atoms with Gasteiger partial charge in [0.25, 0.3) is 5.91 Å². The molecular formula is C23H23N7O3. The normalized spacial score (nSPS) is 16.8. The second-order valence-corrected chi connectivity index (χ2v) is 8.30. The molecule has 1 saturated heterocycles. The lowest BCUT2D eigenvalue weighted by Gasteiger charge is -2.12. The fraction of sp³-hybridized carbons (Fsp3) is 0.261. The zero-order valence-electron chi connectivity index (χ0n) is 18.0. The van der Waals surface area contributed by atoms with Crippen molar-refractivity contribution < 1.29 is 14.4 Å². The summed E-state index contributed by atoms with van der Waals surface area (Å²) in [6.45, 7) is 2.30. The fourth-order valence-corrected chi connectivity index (χ4v) is 3.68. The summed E-state index contributed by atoms with van der Waals surface area (Å²) in [5.74, 6) is 1.14. The van der Waals surface area contributed by atoms with Gasteiger partial charge in [0.15, 0.2) is 5.65 Å². The SMILES string of the molecule is CC(=O)Nc1cccc(Nc2cc(NCC3CC3)n3ncc(/C=C4\CC(=O)NC4=O)c3n2)c1. The van der Waals surface area contributed by atoms with Gasteiger partial charge in [0.1, 0.15) is 11.6 Å². The molecule has 1 saturated carbocycles. The highest BCUT2D eigenvalue weighted by atomic mass is 16.2. The number of amides is 3. The van der Waals surface area contributed by atoms with Gasteiger partial charge in [-0.1, -0.05) is 6.07 Å². The molecule has 0 spiro atoms. The molecule has 1 aliphatic heterocycles. The summed E-state index contributed by atoms with van der Waals surface area (Å²) >= 11 is 0. The van der Waals surface area contributed by atoms with E-state index in [0.29, 0.717) is 34.2 Å². The Morgan fingerprint density at radius 1 is 1.24 bits per heavy atom. The topological polar surface area (TPSA) is 130 Å². The first-order chi connectivity index (χ1) is 15.9. The standard InChI is InChI=1S/C23H23N7O3/c1-13(31)26-17-3-2-4-18(9-17)27-19-10-20(24-11-14-5-6-14)30-22(28-19)16(12-25-30)7-15-8-21(32)29-23(15)33/h2-4,7,9-10,12,14,24H,5-6,8,11H2,1H3,(H,26,31)(H,27,28)(H,29,32,33)/b15-7+. The monoisotopic (exact) mass is 445 g/mol. The van der Waals surface area contributed by atoms with Crippen molar-refractivity contribution in [2.45, 2.75) is 26.2 Å². The number of nitrogens with zero attached hydrogens (tertiary/aromatic N) is 3. The number of fused-ring (bicyclic) bond motifs is 1. The number of anilines is 4. The molecule has 4 N–H and O–H groups in total. The first kappa shape index (κ1) is 20.7. The van der Waals surface area contributed by atoms with E-state index in [1.807, 2.05) is 24.3 Å². The molecule has 0 atom stereocenters. The summed E-state index contributed by atoms with van der Waals surface area (Å²) in [6.07, 6.45) is 5.75. The largest absolute Gasteiger partial charge is 0.370 e. The van der Waals surface area contributed by atoms with E-state index in [1.54, 1.807) is 22.9 Å². The molecule has 3 heterocycles. The maximum atomic E-state index is 12.0. The Balaban J connectivity index is 1.51. The Bertz CT molecular complexity index is 1310. The van der Waals surface area contributed by atoms with Crippen LogP contribution >= 0.6 is 0 Å². The molecule has 2 aliphatic rings. The molecule has 33 heavy (non-hydrogen) atoms. The van der Waals surface area contributed by atoms with Crippen LogP contribution in [0.25, 0.3) is 11.7 Å². The van der Waals surface area contributed by atoms with Gasteiger partial charge in [0, 0.05) is 42.0 Å². The number of carbonyl (C=O) groups is 3. The van der Waals surface area contributed by atoms with E-state index in [1.165, 1.54) is 19.8 Å². The first-order valence-corrected chi connectivity index (χ1v) is 10.8. The Morgan fingerprint density at radius 2 is 2.06 bits per heavy atom. The number of aromatic nitrogens is 3. The van der Waals surface area contributed by atoms with Gasteiger partial charge in [-0.15, -0.1) is 0 Å². The highest BCUT2D eigenvalue weighted by molar-refractivity contribution is 6.15. The number of hydrogen-bond donors (Lipinski definition) is 4. The van der Waals surface area contributed by atoms with Crippen LogP contribution in [0.4, 0.5) is 23.0 Å². The molecule has 0 bridgehead atoms. The highest BCUT2D eigenvalue weighted by Gasteiger charge is 2.25. The van der Waals surface area contributed by atoms with Crippen molar-refractivity contribution in [2.75, 3.05) is 22.5 Å². The van der Waals surface area contributed by atoms with Crippen molar-refractivity contribution in [3.8, 4) is 0 Å². The van der Waals surface area contributed by atoms with Crippen LogP contribution in [0.3, 0.4) is 0 Å². The third-order valence-corrected chi connectivity index (χ3v) is 5.45. The number of benzene rings is 1. The smallest absolute Gasteiger partial charge is 0.254 e. The van der Waals surface area contributed by atoms with Gasteiger partial charge in [0.2, 0.25) is 11.8 Å². The zero-order chi connectivity index (χ0) is 22.9. The van der Waals surface area contributed by atoms with Crippen molar-refractivity contribution in [3.63, 3.8) is 0 Å². The molecular weight excluding hydrogens is 422 g/mol. The van der Waals surface area contributed by atoms with E-state index in [9.17, 15) is 14.4 Å². The van der Waals surface area contributed by atoms with Crippen molar-refractivity contribution in [2.24, 2.45) is 5.92 Å². The van der Waals surface area contributed by atoms with Gasteiger partial charge in [0.05, 0.1) is 12.6 Å². The van der Waals surface area contributed by atoms with Crippen LogP contribution in [0.15, 0.2) is 42.1 Å². The van der Waals surface area contributed by atoms with Crippen LogP contribution in [0.2, 0.25) is 0 Å². The van der Waals surface area contributed by atoms with Crippen LogP contribution in [0, 0.1) is 5.92 Å². The maximum Gasteiger partial charge on any atom is 0.254 e. The molecule has 10 nitrogen and oxygen atoms in total. The van der Waals surface area contributed by atoms with Gasteiger partial charge in [-0.25, -0.2) is 4.98 Å². The average molecular weight is 445 g/mol. The summed E-state index contributed by atoms with van der Waals surface area (Å²) in [7, 11) is 0. The second-order valence-electron chi connectivity index (χ2n) is 8.30. The molecule has 1 aromatic carbocycles. The minimum absolute atomic E-state index is 0.0385. The Kier molecular flexibility index (Phi) is 5.25. The summed E-state index contributed by atoms with van der Waals surface area (Å²) in [4.78, 5) is 39.7. The van der Waals surface area contributed by atoms with Crippen molar-refractivity contribution in [1.29, 1.82) is 0 Å². The minimum Gasteiger partial charge on any atom is -0.370 e. The summed E-state index contributed by atoms with van der Waals surface area (Å²) in [5.41, 5.74) is 3.00. The van der Waals surface area contributed by atoms with Gasteiger partial charge in [-0.3, -0.25) is 19.7 Å². The zero-order valence-corrected chi connectivity index (χ0v) is 18.0. The third kappa shape index (κ3) is 4.69. The lowest BCUT2D eigenvalue weighted by Crippen LogP contribution is -2.19. The molecule has 5 rings (SSSR count). The molecule has 3 amide bonds. The van der Waals surface area contributed by atoms with Crippen LogP contribution in [-0.2, 0) is 14.4 Å². The lowest BCUT2D eigenvalue weighted by molar-refractivity contribution is -0.124. The van der Waals surface area contributed by atoms with E-state index < -0.39 is 5.91 Å². The molecule has 168 valence electrons. The number of hydrogen-bond acceptors (Lipinski definition) is 7. The summed E-state index contributed by atoms with van der Waals surface area (Å²) in [6, 6.07) is 9.21. The summed E-state index contributed by atoms with van der Waals surface area (Å²) in [5, 5.41) is 16.2. The lowest BCUT2D eigenvalue weighted by atomic mass is 10.1. The van der Waals surface area contributed by atoms with E-state index in [2.05, 4.69) is 26.4 Å². The molecule has 2 fully saturated rings.